The minimum Gasteiger partial charge on any atom is -0.355 e. The highest BCUT2D eigenvalue weighted by molar-refractivity contribution is 5.99. The minimum atomic E-state index is 0.0138. The van der Waals surface area contributed by atoms with Crippen LogP contribution in [0.1, 0.15) is 52.7 Å². The van der Waals surface area contributed by atoms with Gasteiger partial charge in [0.25, 0.3) is 0 Å². The van der Waals surface area contributed by atoms with Crippen LogP contribution < -0.4 is 19.6 Å². The first-order valence-corrected chi connectivity index (χ1v) is 18.1. The molecule has 0 bridgehead atoms. The van der Waals surface area contributed by atoms with E-state index in [0.29, 0.717) is 6.67 Å². The van der Waals surface area contributed by atoms with E-state index in [9.17, 15) is 0 Å². The van der Waals surface area contributed by atoms with Crippen molar-refractivity contribution in [1.29, 1.82) is 0 Å². The van der Waals surface area contributed by atoms with Gasteiger partial charge in [0.05, 0.1) is 35.1 Å². The average molecular weight is 669 g/mol. The summed E-state index contributed by atoms with van der Waals surface area (Å²) in [5, 5.41) is 0. The molecule has 0 spiro atoms. The molecule has 0 atom stereocenters. The van der Waals surface area contributed by atoms with Gasteiger partial charge >= 0.3 is 0 Å². The molecular formula is C47H48N4. The van der Waals surface area contributed by atoms with Gasteiger partial charge in [-0.3, -0.25) is 0 Å². The van der Waals surface area contributed by atoms with E-state index in [1.807, 2.05) is 0 Å². The maximum atomic E-state index is 2.54. The normalized spacial score (nSPS) is 14.3. The molecule has 0 aromatic heterocycles. The lowest BCUT2D eigenvalue weighted by Gasteiger charge is -2.30. The van der Waals surface area contributed by atoms with E-state index >= 15 is 0 Å². The second-order valence-electron chi connectivity index (χ2n) is 16.1. The third-order valence-electron chi connectivity index (χ3n) is 10.5. The predicted molar refractivity (Wildman–Crippen MR) is 219 cm³/mol. The largest absolute Gasteiger partial charge is 0.355 e. The quantitative estimate of drug-likeness (QED) is 0.181. The molecule has 0 fully saturated rings. The molecule has 2 heterocycles. The topological polar surface area (TPSA) is 13.0 Å². The van der Waals surface area contributed by atoms with Gasteiger partial charge in [-0.05, 0) is 75.5 Å². The molecule has 0 saturated heterocycles. The van der Waals surface area contributed by atoms with Crippen LogP contribution in [-0.2, 0) is 10.8 Å². The number of nitrogens with zero attached hydrogens (tertiary/aromatic N) is 4. The fourth-order valence-electron chi connectivity index (χ4n) is 7.62. The molecule has 0 radical (unpaired) electrons. The van der Waals surface area contributed by atoms with Crippen LogP contribution in [0.25, 0.3) is 22.3 Å². The molecule has 256 valence electrons. The van der Waals surface area contributed by atoms with Crippen LogP contribution in [0.3, 0.4) is 0 Å². The lowest BCUT2D eigenvalue weighted by Crippen LogP contribution is -2.26. The second-order valence-corrected chi connectivity index (χ2v) is 16.1. The van der Waals surface area contributed by atoms with Crippen molar-refractivity contribution < 1.29 is 0 Å². The SMILES string of the molecule is CN1CN(c2cccc(N3CN(c4c(-c5ccccc5)cccc4-c4cc(C(C)(C)C)cc(C(C)(C)C)c4)c4ccccc43)c2)c2ccccc21. The Bertz CT molecular complexity index is 2190. The third-order valence-corrected chi connectivity index (χ3v) is 10.5. The number of para-hydroxylation sites is 5. The second kappa shape index (κ2) is 12.4. The Kier molecular flexibility index (Phi) is 7.94. The zero-order valence-corrected chi connectivity index (χ0v) is 31.0. The summed E-state index contributed by atoms with van der Waals surface area (Å²) in [7, 11) is 2.17. The molecule has 4 nitrogen and oxygen atoms in total. The zero-order chi connectivity index (χ0) is 35.5. The van der Waals surface area contributed by atoms with Crippen LogP contribution in [-0.4, -0.2) is 20.4 Å². The summed E-state index contributed by atoms with van der Waals surface area (Å²) in [5.41, 5.74) is 16.2. The summed E-state index contributed by atoms with van der Waals surface area (Å²) in [6, 6.07) is 51.6. The Balaban J connectivity index is 1.29. The maximum Gasteiger partial charge on any atom is 0.100 e. The van der Waals surface area contributed by atoms with E-state index in [-0.39, 0.29) is 10.8 Å². The van der Waals surface area contributed by atoms with Gasteiger partial charge in [0.1, 0.15) is 6.67 Å². The molecule has 4 heteroatoms. The third kappa shape index (κ3) is 5.93. The Hall–Kier alpha value is -5.48. The minimum absolute atomic E-state index is 0.0138. The molecule has 0 unspecified atom stereocenters. The Morgan fingerprint density at radius 1 is 0.412 bits per heavy atom. The summed E-state index contributed by atoms with van der Waals surface area (Å²) < 4.78 is 0. The molecule has 51 heavy (non-hydrogen) atoms. The van der Waals surface area contributed by atoms with E-state index < -0.39 is 0 Å². The summed E-state index contributed by atoms with van der Waals surface area (Å²) in [4.78, 5) is 9.74. The highest BCUT2D eigenvalue weighted by atomic mass is 15.4. The smallest absolute Gasteiger partial charge is 0.100 e. The summed E-state index contributed by atoms with van der Waals surface area (Å²) in [6.45, 7) is 15.4. The number of anilines is 7. The van der Waals surface area contributed by atoms with E-state index in [1.54, 1.807) is 0 Å². The highest BCUT2D eigenvalue weighted by Gasteiger charge is 2.33. The molecule has 0 N–H and O–H groups in total. The lowest BCUT2D eigenvalue weighted by molar-refractivity contribution is 0.569. The van der Waals surface area contributed by atoms with Crippen molar-refractivity contribution >= 4 is 39.8 Å². The van der Waals surface area contributed by atoms with Gasteiger partial charge in [0.15, 0.2) is 0 Å². The lowest BCUT2D eigenvalue weighted by atomic mass is 9.78. The van der Waals surface area contributed by atoms with Crippen LogP contribution in [0.4, 0.5) is 39.8 Å². The van der Waals surface area contributed by atoms with E-state index in [4.69, 9.17) is 0 Å². The van der Waals surface area contributed by atoms with Gasteiger partial charge < -0.3 is 19.6 Å². The monoisotopic (exact) mass is 668 g/mol. The van der Waals surface area contributed by atoms with Crippen molar-refractivity contribution in [3.63, 3.8) is 0 Å². The molecule has 0 saturated carbocycles. The van der Waals surface area contributed by atoms with Crippen molar-refractivity contribution in [2.75, 3.05) is 40.0 Å². The van der Waals surface area contributed by atoms with Crippen LogP contribution in [0, 0.1) is 0 Å². The van der Waals surface area contributed by atoms with Gasteiger partial charge in [0.2, 0.25) is 0 Å². The first-order chi connectivity index (χ1) is 24.5. The van der Waals surface area contributed by atoms with Gasteiger partial charge in [-0.15, -0.1) is 0 Å². The van der Waals surface area contributed by atoms with Crippen LogP contribution in [0.5, 0.6) is 0 Å². The van der Waals surface area contributed by atoms with Crippen molar-refractivity contribution in [2.24, 2.45) is 0 Å². The van der Waals surface area contributed by atoms with Gasteiger partial charge in [0, 0.05) is 29.5 Å². The molecule has 8 rings (SSSR count). The van der Waals surface area contributed by atoms with Crippen LogP contribution >= 0.6 is 0 Å². The van der Waals surface area contributed by atoms with E-state index in [0.717, 1.165) is 6.67 Å². The number of benzene rings is 6. The Labute approximate surface area is 304 Å². The van der Waals surface area contributed by atoms with Crippen LogP contribution in [0.2, 0.25) is 0 Å². The Morgan fingerprint density at radius 3 is 1.47 bits per heavy atom. The Morgan fingerprint density at radius 2 is 0.882 bits per heavy atom. The maximum absolute atomic E-state index is 2.54. The fraction of sp³-hybridized carbons (Fsp3) is 0.234. The van der Waals surface area contributed by atoms with Crippen molar-refractivity contribution in [2.45, 2.75) is 52.4 Å². The first kappa shape index (κ1) is 32.7. The summed E-state index contributed by atoms with van der Waals surface area (Å²) >= 11 is 0. The average Bonchev–Trinajstić information content (AvgIpc) is 3.69. The standard InChI is InChI=1S/C47H48N4/c1-46(2,3)35-27-34(28-36(29-35)47(4,5)6)40-22-16-21-39(33-17-9-8-10-18-33)45(40)51-32-50(43-25-13-14-26-44(43)51)38-20-15-19-37(30-38)49-31-48(7)41-23-11-12-24-42(41)49/h8-30H,31-32H2,1-7H3. The van der Waals surface area contributed by atoms with Crippen LogP contribution in [0.15, 0.2) is 140 Å². The highest BCUT2D eigenvalue weighted by Crippen LogP contribution is 2.51. The number of fused-ring (bicyclic) bond motifs is 2. The van der Waals surface area contributed by atoms with Crippen molar-refractivity contribution in [3.8, 4) is 22.3 Å². The molecule has 2 aliphatic rings. The summed E-state index contributed by atoms with van der Waals surface area (Å²) in [5.74, 6) is 0. The summed E-state index contributed by atoms with van der Waals surface area (Å²) in [6.07, 6.45) is 0. The number of hydrogen-bond acceptors (Lipinski definition) is 4. The fourth-order valence-corrected chi connectivity index (χ4v) is 7.62. The predicted octanol–water partition coefficient (Wildman–Crippen LogP) is 12.4. The van der Waals surface area contributed by atoms with Crippen molar-refractivity contribution in [1.82, 2.24) is 0 Å². The van der Waals surface area contributed by atoms with Gasteiger partial charge in [-0.25, -0.2) is 0 Å². The molecule has 6 aromatic rings. The van der Waals surface area contributed by atoms with Gasteiger partial charge in [-0.2, -0.15) is 0 Å². The van der Waals surface area contributed by atoms with Crippen molar-refractivity contribution in [3.05, 3.63) is 151 Å². The van der Waals surface area contributed by atoms with Gasteiger partial charge in [-0.1, -0.05) is 139 Å². The molecule has 6 aromatic carbocycles. The van der Waals surface area contributed by atoms with E-state index in [2.05, 4.69) is 208 Å². The first-order valence-electron chi connectivity index (χ1n) is 18.1. The number of hydrogen-bond donors (Lipinski definition) is 0. The molecule has 2 aliphatic heterocycles. The number of rotatable bonds is 5. The molecular weight excluding hydrogens is 621 g/mol. The zero-order valence-electron chi connectivity index (χ0n) is 31.0. The molecule has 0 aliphatic carbocycles. The molecule has 0 amide bonds. The van der Waals surface area contributed by atoms with E-state index in [1.165, 1.54) is 73.2 Å².